The Morgan fingerprint density at radius 1 is 1.17 bits per heavy atom. The van der Waals surface area contributed by atoms with E-state index in [-0.39, 0.29) is 24.8 Å². The Bertz CT molecular complexity index is 468. The monoisotopic (exact) mass is 320 g/mol. The van der Waals surface area contributed by atoms with Gasteiger partial charge in [0, 0.05) is 6.08 Å². The van der Waals surface area contributed by atoms with Crippen LogP contribution in [-0.2, 0) is 25.6 Å². The van der Waals surface area contributed by atoms with Gasteiger partial charge in [-0.15, -0.1) is 0 Å². The molecule has 1 rings (SSSR count). The highest BCUT2D eigenvalue weighted by Gasteiger charge is 2.20. The summed E-state index contributed by atoms with van der Waals surface area (Å²) in [4.78, 5) is 11.1. The second-order valence-electron chi connectivity index (χ2n) is 5.97. The van der Waals surface area contributed by atoms with Crippen LogP contribution in [0.4, 0.5) is 0 Å². The van der Waals surface area contributed by atoms with Crippen LogP contribution in [0.2, 0.25) is 0 Å². The molecule has 0 aliphatic heterocycles. The molecule has 1 aromatic carbocycles. The van der Waals surface area contributed by atoms with Gasteiger partial charge in [0.15, 0.2) is 0 Å². The molecule has 0 bridgehead atoms. The van der Waals surface area contributed by atoms with Crippen molar-refractivity contribution in [2.75, 3.05) is 13.9 Å². The molecule has 0 N–H and O–H groups in total. The predicted octanol–water partition coefficient (Wildman–Crippen LogP) is 3.96. The second kappa shape index (κ2) is 11.0. The number of hydrogen-bond acceptors (Lipinski definition) is 4. The van der Waals surface area contributed by atoms with Gasteiger partial charge in [0.05, 0.1) is 19.8 Å². The van der Waals surface area contributed by atoms with Gasteiger partial charge in [0.1, 0.15) is 6.79 Å². The molecule has 0 aliphatic carbocycles. The summed E-state index contributed by atoms with van der Waals surface area (Å²) in [7, 11) is 1.38. The maximum atomic E-state index is 11.1. The van der Waals surface area contributed by atoms with Crippen molar-refractivity contribution in [3.63, 3.8) is 0 Å². The summed E-state index contributed by atoms with van der Waals surface area (Å²) in [6.07, 6.45) is 4.13. The van der Waals surface area contributed by atoms with Crippen LogP contribution in [0, 0.1) is 11.8 Å². The summed E-state index contributed by atoms with van der Waals surface area (Å²) in [6, 6.07) is 10.0. The summed E-state index contributed by atoms with van der Waals surface area (Å²) in [5.74, 6) is 0.332. The van der Waals surface area contributed by atoms with Crippen LogP contribution < -0.4 is 0 Å². The Kier molecular flexibility index (Phi) is 9.25. The van der Waals surface area contributed by atoms with Crippen molar-refractivity contribution in [3.8, 4) is 0 Å². The number of allylic oxidation sites excluding steroid dienone is 1. The molecule has 0 saturated heterocycles. The molecule has 0 aromatic heterocycles. The number of hydrogen-bond donors (Lipinski definition) is 0. The summed E-state index contributed by atoms with van der Waals surface area (Å²) in [5, 5.41) is 0. The zero-order chi connectivity index (χ0) is 17.1. The molecular weight excluding hydrogens is 292 g/mol. The first-order valence-corrected chi connectivity index (χ1v) is 8.02. The van der Waals surface area contributed by atoms with Gasteiger partial charge >= 0.3 is 5.97 Å². The molecule has 128 valence electrons. The van der Waals surface area contributed by atoms with E-state index in [1.165, 1.54) is 13.2 Å². The smallest absolute Gasteiger partial charge is 0.330 e. The highest BCUT2D eigenvalue weighted by molar-refractivity contribution is 5.81. The molecule has 4 nitrogen and oxygen atoms in total. The van der Waals surface area contributed by atoms with Crippen LogP contribution >= 0.6 is 0 Å². The quantitative estimate of drug-likeness (QED) is 0.283. The van der Waals surface area contributed by atoms with Gasteiger partial charge in [-0.05, 0) is 23.8 Å². The minimum atomic E-state index is -0.328. The maximum Gasteiger partial charge on any atom is 0.330 e. The Hall–Kier alpha value is -1.65. The lowest BCUT2D eigenvalue weighted by molar-refractivity contribution is -0.134. The number of carbonyl (C=O) groups is 1. The molecule has 0 saturated carbocycles. The highest BCUT2D eigenvalue weighted by Crippen LogP contribution is 2.20. The topological polar surface area (TPSA) is 44.8 Å². The van der Waals surface area contributed by atoms with Crippen LogP contribution in [-0.4, -0.2) is 26.0 Å². The van der Waals surface area contributed by atoms with Gasteiger partial charge in [-0.2, -0.15) is 0 Å². The average Bonchev–Trinajstić information content (AvgIpc) is 2.55. The minimum Gasteiger partial charge on any atom is -0.466 e. The third-order valence-electron chi connectivity index (χ3n) is 3.64. The lowest BCUT2D eigenvalue weighted by Gasteiger charge is -2.27. The van der Waals surface area contributed by atoms with E-state index in [0.29, 0.717) is 12.5 Å². The van der Waals surface area contributed by atoms with E-state index in [0.717, 1.165) is 12.0 Å². The van der Waals surface area contributed by atoms with E-state index in [2.05, 4.69) is 25.5 Å². The normalized spacial score (nSPS) is 14.1. The number of benzene rings is 1. The molecule has 0 spiro atoms. The Labute approximate surface area is 139 Å². The van der Waals surface area contributed by atoms with Crippen molar-refractivity contribution in [1.29, 1.82) is 0 Å². The Morgan fingerprint density at radius 2 is 1.87 bits per heavy atom. The van der Waals surface area contributed by atoms with Crippen molar-refractivity contribution in [2.45, 2.75) is 39.9 Å². The average molecular weight is 320 g/mol. The zero-order valence-corrected chi connectivity index (χ0v) is 14.5. The van der Waals surface area contributed by atoms with E-state index in [1.54, 1.807) is 0 Å². The van der Waals surface area contributed by atoms with E-state index < -0.39 is 0 Å². The summed E-state index contributed by atoms with van der Waals surface area (Å²) < 4.78 is 16.1. The van der Waals surface area contributed by atoms with E-state index >= 15 is 0 Å². The molecule has 0 radical (unpaired) electrons. The van der Waals surface area contributed by atoms with Crippen molar-refractivity contribution in [2.24, 2.45) is 11.8 Å². The van der Waals surface area contributed by atoms with Gasteiger partial charge < -0.3 is 14.2 Å². The maximum absolute atomic E-state index is 11.1. The van der Waals surface area contributed by atoms with E-state index in [1.807, 2.05) is 36.4 Å². The second-order valence-corrected chi connectivity index (χ2v) is 5.97. The fourth-order valence-corrected chi connectivity index (χ4v) is 2.46. The van der Waals surface area contributed by atoms with Crippen LogP contribution in [0.15, 0.2) is 42.5 Å². The Balaban J connectivity index is 2.36. The molecule has 2 atom stereocenters. The first-order valence-electron chi connectivity index (χ1n) is 8.02. The van der Waals surface area contributed by atoms with Gasteiger partial charge in [-0.25, -0.2) is 4.79 Å². The van der Waals surface area contributed by atoms with Crippen LogP contribution in [0.3, 0.4) is 0 Å². The number of methoxy groups -OCH3 is 1. The van der Waals surface area contributed by atoms with Crippen LogP contribution in [0.25, 0.3) is 0 Å². The largest absolute Gasteiger partial charge is 0.466 e. The summed E-state index contributed by atoms with van der Waals surface area (Å²) >= 11 is 0. The number of ether oxygens (including phenoxy) is 3. The van der Waals surface area contributed by atoms with E-state index in [9.17, 15) is 4.79 Å². The molecule has 23 heavy (non-hydrogen) atoms. The molecule has 4 heteroatoms. The zero-order valence-electron chi connectivity index (χ0n) is 14.5. The number of carbonyl (C=O) groups excluding carboxylic acids is 1. The minimum absolute atomic E-state index is 0.0769. The first-order chi connectivity index (χ1) is 11.0. The predicted molar refractivity (Wildman–Crippen MR) is 90.7 cm³/mol. The first kappa shape index (κ1) is 19.4. The fraction of sp³-hybridized carbons (Fsp3) is 0.526. The van der Waals surface area contributed by atoms with Crippen molar-refractivity contribution in [3.05, 3.63) is 48.0 Å². The van der Waals surface area contributed by atoms with Crippen molar-refractivity contribution < 1.29 is 19.0 Å². The van der Waals surface area contributed by atoms with Gasteiger partial charge in [-0.3, -0.25) is 0 Å². The Morgan fingerprint density at radius 3 is 2.48 bits per heavy atom. The lowest BCUT2D eigenvalue weighted by Crippen LogP contribution is -2.28. The molecule has 0 heterocycles. The highest BCUT2D eigenvalue weighted by atomic mass is 16.7. The van der Waals surface area contributed by atoms with Crippen molar-refractivity contribution in [1.82, 2.24) is 0 Å². The number of esters is 1. The molecule has 0 amide bonds. The SMILES string of the molecule is COC(=O)/C=C/C[C@H](C)[C@H](OCOCc1ccccc1)C(C)C. The summed E-state index contributed by atoms with van der Waals surface area (Å²) in [6.45, 7) is 7.18. The summed E-state index contributed by atoms with van der Waals surface area (Å²) in [5.41, 5.74) is 1.13. The van der Waals surface area contributed by atoms with Gasteiger partial charge in [0.25, 0.3) is 0 Å². The van der Waals surface area contributed by atoms with Crippen molar-refractivity contribution >= 4 is 5.97 Å². The van der Waals surface area contributed by atoms with Crippen LogP contribution in [0.1, 0.15) is 32.8 Å². The lowest BCUT2D eigenvalue weighted by atomic mass is 9.92. The van der Waals surface area contributed by atoms with Crippen LogP contribution in [0.5, 0.6) is 0 Å². The molecule has 0 aliphatic rings. The fourth-order valence-electron chi connectivity index (χ4n) is 2.46. The van der Waals surface area contributed by atoms with E-state index in [4.69, 9.17) is 9.47 Å². The van der Waals surface area contributed by atoms with Gasteiger partial charge in [0.2, 0.25) is 0 Å². The third-order valence-corrected chi connectivity index (χ3v) is 3.64. The third kappa shape index (κ3) is 7.95. The standard InChI is InChI=1S/C19H28O4/c1-15(2)19(16(3)9-8-12-18(20)21-4)23-14-22-13-17-10-6-5-7-11-17/h5-8,10-12,15-16,19H,9,13-14H2,1-4H3/b12-8+/t16-,19+/m0/s1. The van der Waals surface area contributed by atoms with Gasteiger partial charge in [-0.1, -0.05) is 57.2 Å². The molecule has 0 fully saturated rings. The molecule has 1 aromatic rings. The molecular formula is C19H28O4. The molecule has 0 unspecified atom stereocenters. The number of rotatable bonds is 10.